The fourth-order valence-corrected chi connectivity index (χ4v) is 3.81. The number of carbonyl (C=O) groups is 1. The highest BCUT2D eigenvalue weighted by molar-refractivity contribution is 6.30. The Morgan fingerprint density at radius 2 is 1.74 bits per heavy atom. The summed E-state index contributed by atoms with van der Waals surface area (Å²) in [5.74, 6) is 0.748. The number of benzene rings is 2. The first kappa shape index (κ1) is 23.2. The van der Waals surface area contributed by atoms with Crippen molar-refractivity contribution in [3.05, 3.63) is 80.4 Å². The number of aryl methyl sites for hydroxylation is 1. The minimum Gasteiger partial charge on any atom is -0.493 e. The Morgan fingerprint density at radius 1 is 1.09 bits per heavy atom. The maximum atomic E-state index is 13.1. The van der Waals surface area contributed by atoms with E-state index in [1.165, 1.54) is 32.0 Å². The average molecular weight is 483 g/mol. The van der Waals surface area contributed by atoms with E-state index in [4.69, 9.17) is 25.8 Å². The summed E-state index contributed by atoms with van der Waals surface area (Å²) in [5, 5.41) is 6.26. The lowest BCUT2D eigenvalue weighted by atomic mass is 10.1. The van der Waals surface area contributed by atoms with Crippen molar-refractivity contribution in [2.75, 3.05) is 26.6 Å². The van der Waals surface area contributed by atoms with Crippen LogP contribution in [0, 0.1) is 6.92 Å². The van der Waals surface area contributed by atoms with Gasteiger partial charge in [-0.05, 0) is 24.6 Å². The molecule has 1 amide bonds. The molecule has 4 rings (SSSR count). The van der Waals surface area contributed by atoms with Gasteiger partial charge in [-0.1, -0.05) is 23.7 Å². The summed E-state index contributed by atoms with van der Waals surface area (Å²) in [5.41, 5.74) is 2.60. The Morgan fingerprint density at radius 3 is 2.32 bits per heavy atom. The third-order valence-corrected chi connectivity index (χ3v) is 5.68. The second kappa shape index (κ2) is 9.48. The van der Waals surface area contributed by atoms with Gasteiger partial charge in [-0.3, -0.25) is 14.7 Å². The molecule has 0 fully saturated rings. The highest BCUT2D eigenvalue weighted by atomic mass is 35.5. The first-order valence-corrected chi connectivity index (χ1v) is 10.7. The lowest BCUT2D eigenvalue weighted by molar-refractivity contribution is 0.102. The summed E-state index contributed by atoms with van der Waals surface area (Å²) in [6.07, 6.45) is 1.84. The van der Waals surface area contributed by atoms with E-state index in [0.29, 0.717) is 45.6 Å². The minimum absolute atomic E-state index is 0.215. The van der Waals surface area contributed by atoms with Crippen LogP contribution in [0.5, 0.6) is 17.2 Å². The van der Waals surface area contributed by atoms with Crippen molar-refractivity contribution in [2.24, 2.45) is 0 Å². The summed E-state index contributed by atoms with van der Waals surface area (Å²) >= 11 is 5.95. The summed E-state index contributed by atoms with van der Waals surface area (Å²) in [6.45, 7) is 1.75. The van der Waals surface area contributed by atoms with Crippen LogP contribution in [0.1, 0.15) is 27.2 Å². The molecule has 0 bridgehead atoms. The number of methoxy groups -OCH3 is 3. The first-order chi connectivity index (χ1) is 16.4. The molecule has 176 valence electrons. The van der Waals surface area contributed by atoms with Crippen LogP contribution in [0.4, 0.5) is 5.69 Å². The van der Waals surface area contributed by atoms with Crippen molar-refractivity contribution in [3.8, 4) is 17.2 Å². The SMILES string of the molecule is COc1cc(NC(=O)c2c[nH]n3c(=O)c(Cc4ccc(Cl)cc4)c(C)nc23)cc(OC)c1OC. The number of halogens is 1. The number of rotatable bonds is 7. The average Bonchev–Trinajstić information content (AvgIpc) is 3.26. The third kappa shape index (κ3) is 4.29. The Hall–Kier alpha value is -3.98. The number of anilines is 1. The van der Waals surface area contributed by atoms with Gasteiger partial charge < -0.3 is 19.5 Å². The Bertz CT molecular complexity index is 1400. The Balaban J connectivity index is 1.67. The predicted octanol–water partition coefficient (Wildman–Crippen LogP) is 3.85. The third-order valence-electron chi connectivity index (χ3n) is 5.42. The van der Waals surface area contributed by atoms with Gasteiger partial charge in [0.05, 0.1) is 21.3 Å². The lowest BCUT2D eigenvalue weighted by Gasteiger charge is -2.14. The molecular formula is C24H23ClN4O5. The molecule has 0 aliphatic heterocycles. The van der Waals surface area contributed by atoms with Crippen LogP contribution in [0.25, 0.3) is 5.65 Å². The fourth-order valence-electron chi connectivity index (χ4n) is 3.69. The van der Waals surface area contributed by atoms with Gasteiger partial charge in [0, 0.05) is 46.7 Å². The van der Waals surface area contributed by atoms with E-state index in [1.807, 2.05) is 12.1 Å². The van der Waals surface area contributed by atoms with Crippen LogP contribution in [0.3, 0.4) is 0 Å². The molecule has 4 aromatic rings. The van der Waals surface area contributed by atoms with Crippen LogP contribution < -0.4 is 25.1 Å². The summed E-state index contributed by atoms with van der Waals surface area (Å²) in [4.78, 5) is 30.7. The number of aromatic amines is 1. The molecule has 0 saturated heterocycles. The molecule has 0 saturated carbocycles. The van der Waals surface area contributed by atoms with Gasteiger partial charge in [-0.15, -0.1) is 0 Å². The predicted molar refractivity (Wildman–Crippen MR) is 129 cm³/mol. The quantitative estimate of drug-likeness (QED) is 0.414. The van der Waals surface area contributed by atoms with Gasteiger partial charge in [0.15, 0.2) is 17.1 Å². The summed E-state index contributed by atoms with van der Waals surface area (Å²) in [7, 11) is 4.48. The van der Waals surface area contributed by atoms with E-state index >= 15 is 0 Å². The highest BCUT2D eigenvalue weighted by Crippen LogP contribution is 2.40. The van der Waals surface area contributed by atoms with Crippen LogP contribution in [0.15, 0.2) is 47.4 Å². The maximum Gasteiger partial charge on any atom is 0.276 e. The van der Waals surface area contributed by atoms with Crippen LogP contribution >= 0.6 is 11.6 Å². The number of hydrogen-bond donors (Lipinski definition) is 2. The number of H-pyrrole nitrogens is 1. The molecule has 0 atom stereocenters. The second-order valence-electron chi connectivity index (χ2n) is 7.50. The molecule has 0 spiro atoms. The van der Waals surface area contributed by atoms with Gasteiger partial charge in [-0.25, -0.2) is 9.50 Å². The summed E-state index contributed by atoms with van der Waals surface area (Å²) < 4.78 is 17.2. The van der Waals surface area contributed by atoms with E-state index in [9.17, 15) is 9.59 Å². The number of fused-ring (bicyclic) bond motifs is 1. The molecule has 2 N–H and O–H groups in total. The number of ether oxygens (including phenoxy) is 3. The summed E-state index contributed by atoms with van der Waals surface area (Å²) in [6, 6.07) is 10.5. The molecular weight excluding hydrogens is 460 g/mol. The van der Waals surface area contributed by atoms with Crippen molar-refractivity contribution in [2.45, 2.75) is 13.3 Å². The highest BCUT2D eigenvalue weighted by Gasteiger charge is 2.20. The normalized spacial score (nSPS) is 10.9. The standard InChI is InChI=1S/C24H23ClN4O5/c1-13-17(9-14-5-7-15(25)8-6-14)24(31)29-22(27-13)18(12-26-29)23(30)28-16-10-19(32-2)21(34-4)20(11-16)33-3/h5-8,10-12,26H,9H2,1-4H3,(H,28,30). The number of hydrogen-bond acceptors (Lipinski definition) is 6. The van der Waals surface area contributed by atoms with Crippen molar-refractivity contribution >= 4 is 28.8 Å². The number of carbonyl (C=O) groups excluding carboxylic acids is 1. The molecule has 0 aliphatic carbocycles. The zero-order valence-electron chi connectivity index (χ0n) is 19.1. The van der Waals surface area contributed by atoms with Crippen LogP contribution in [-0.2, 0) is 6.42 Å². The molecule has 0 radical (unpaired) electrons. The van der Waals surface area contributed by atoms with E-state index in [2.05, 4.69) is 15.4 Å². The first-order valence-electron chi connectivity index (χ1n) is 10.3. The molecule has 9 nitrogen and oxygen atoms in total. The van der Waals surface area contributed by atoms with Gasteiger partial charge in [-0.2, -0.15) is 0 Å². The Kier molecular flexibility index (Phi) is 6.47. The van der Waals surface area contributed by atoms with E-state index < -0.39 is 5.91 Å². The molecule has 0 aliphatic rings. The van der Waals surface area contributed by atoms with Crippen molar-refractivity contribution in [1.29, 1.82) is 0 Å². The lowest BCUT2D eigenvalue weighted by Crippen LogP contribution is -2.23. The number of nitrogens with one attached hydrogen (secondary N) is 2. The van der Waals surface area contributed by atoms with E-state index in [-0.39, 0.29) is 16.8 Å². The molecule has 2 heterocycles. The number of amides is 1. The smallest absolute Gasteiger partial charge is 0.276 e. The van der Waals surface area contributed by atoms with Gasteiger partial charge in [0.2, 0.25) is 5.75 Å². The van der Waals surface area contributed by atoms with Gasteiger partial charge >= 0.3 is 0 Å². The zero-order valence-corrected chi connectivity index (χ0v) is 19.8. The second-order valence-corrected chi connectivity index (χ2v) is 7.93. The van der Waals surface area contributed by atoms with E-state index in [1.54, 1.807) is 31.2 Å². The van der Waals surface area contributed by atoms with Crippen molar-refractivity contribution in [1.82, 2.24) is 14.6 Å². The van der Waals surface area contributed by atoms with E-state index in [0.717, 1.165) is 5.56 Å². The van der Waals surface area contributed by atoms with Gasteiger partial charge in [0.25, 0.3) is 11.5 Å². The molecule has 10 heteroatoms. The monoisotopic (exact) mass is 482 g/mol. The molecule has 2 aromatic carbocycles. The van der Waals surface area contributed by atoms with Crippen LogP contribution in [-0.4, -0.2) is 41.8 Å². The maximum absolute atomic E-state index is 13.1. The molecule has 0 unspecified atom stereocenters. The van der Waals surface area contributed by atoms with Gasteiger partial charge in [0.1, 0.15) is 5.56 Å². The number of nitrogens with zero attached hydrogens (tertiary/aromatic N) is 2. The molecule has 34 heavy (non-hydrogen) atoms. The Labute approximate surface area is 200 Å². The van der Waals surface area contributed by atoms with Crippen molar-refractivity contribution < 1.29 is 19.0 Å². The largest absolute Gasteiger partial charge is 0.493 e. The topological polar surface area (TPSA) is 107 Å². The zero-order chi connectivity index (χ0) is 24.4. The molecule has 2 aromatic heterocycles. The fraction of sp³-hybridized carbons (Fsp3) is 0.208. The van der Waals surface area contributed by atoms with Crippen LogP contribution in [0.2, 0.25) is 5.02 Å². The minimum atomic E-state index is -0.454. The number of aromatic nitrogens is 3. The van der Waals surface area contributed by atoms with Crippen molar-refractivity contribution in [3.63, 3.8) is 0 Å².